The minimum Gasteiger partial charge on any atom is -0.481 e. The highest BCUT2D eigenvalue weighted by Gasteiger charge is 2.32. The minimum atomic E-state index is -1.01. The summed E-state index contributed by atoms with van der Waals surface area (Å²) < 4.78 is 5.58. The second-order valence-corrected chi connectivity index (χ2v) is 9.92. The van der Waals surface area contributed by atoms with Crippen molar-refractivity contribution in [3.05, 3.63) is 59.7 Å². The summed E-state index contributed by atoms with van der Waals surface area (Å²) in [7, 11) is 1.73. The fourth-order valence-corrected chi connectivity index (χ4v) is 5.96. The number of thioether (sulfide) groups is 1. The van der Waals surface area contributed by atoms with Crippen LogP contribution in [0.15, 0.2) is 48.5 Å². The van der Waals surface area contributed by atoms with Crippen LogP contribution >= 0.6 is 11.8 Å². The Balaban J connectivity index is 1.42. The summed E-state index contributed by atoms with van der Waals surface area (Å²) in [6, 6.07) is 15.3. The van der Waals surface area contributed by atoms with Gasteiger partial charge in [0.2, 0.25) is 5.91 Å². The van der Waals surface area contributed by atoms with Gasteiger partial charge in [-0.05, 0) is 47.3 Å². The van der Waals surface area contributed by atoms with E-state index in [0.717, 1.165) is 46.6 Å². The van der Waals surface area contributed by atoms with Gasteiger partial charge in [0.15, 0.2) is 0 Å². The van der Waals surface area contributed by atoms with Crippen molar-refractivity contribution in [1.29, 1.82) is 0 Å². The van der Waals surface area contributed by atoms with Gasteiger partial charge in [0.1, 0.15) is 12.6 Å². The largest absolute Gasteiger partial charge is 0.481 e. The number of ether oxygens (including phenoxy) is 1. The number of hydrogen-bond acceptors (Lipinski definition) is 5. The van der Waals surface area contributed by atoms with E-state index >= 15 is 0 Å². The molecule has 0 bridgehead atoms. The number of amides is 2. The first kappa shape index (κ1) is 24.1. The zero-order valence-corrected chi connectivity index (χ0v) is 20.1. The van der Waals surface area contributed by atoms with E-state index in [1.807, 2.05) is 36.4 Å². The number of hydrogen-bond donors (Lipinski definition) is 2. The average molecular weight is 483 g/mol. The van der Waals surface area contributed by atoms with Crippen molar-refractivity contribution < 1.29 is 24.2 Å². The molecule has 4 rings (SSSR count). The summed E-state index contributed by atoms with van der Waals surface area (Å²) in [6.07, 6.45) is 1.03. The molecule has 2 aliphatic rings. The molecule has 2 N–H and O–H groups in total. The maximum atomic E-state index is 13.1. The van der Waals surface area contributed by atoms with Crippen molar-refractivity contribution in [3.63, 3.8) is 0 Å². The van der Waals surface area contributed by atoms with Crippen LogP contribution < -0.4 is 5.32 Å². The molecule has 0 saturated carbocycles. The topological polar surface area (TPSA) is 95.9 Å². The molecule has 1 heterocycles. The molecule has 1 saturated heterocycles. The lowest BCUT2D eigenvalue weighted by atomic mass is 9.98. The Kier molecular flexibility index (Phi) is 7.77. The molecule has 2 atom stereocenters. The quantitative estimate of drug-likeness (QED) is 0.588. The Morgan fingerprint density at radius 2 is 1.76 bits per heavy atom. The number of aliphatic carboxylic acids is 1. The summed E-state index contributed by atoms with van der Waals surface area (Å²) in [5.41, 5.74) is 4.47. The zero-order chi connectivity index (χ0) is 24.1. The van der Waals surface area contributed by atoms with E-state index in [2.05, 4.69) is 17.4 Å². The lowest BCUT2D eigenvalue weighted by Gasteiger charge is -2.33. The van der Waals surface area contributed by atoms with Gasteiger partial charge < -0.3 is 20.1 Å². The van der Waals surface area contributed by atoms with Crippen LogP contribution in [0.4, 0.5) is 4.79 Å². The van der Waals surface area contributed by atoms with Gasteiger partial charge in [-0.15, -0.1) is 0 Å². The van der Waals surface area contributed by atoms with Crippen LogP contribution in [0.5, 0.6) is 0 Å². The summed E-state index contributed by atoms with van der Waals surface area (Å²) >= 11 is 1.80. The number of carboxylic acids is 1. The SMILES string of the molecule is CN(C(=O)C(CCC(=O)O)NC(=O)OCC1c2ccccc2-c2ccccc21)C1CCCSC1. The van der Waals surface area contributed by atoms with Crippen molar-refractivity contribution in [2.75, 3.05) is 25.2 Å². The van der Waals surface area contributed by atoms with E-state index in [9.17, 15) is 14.4 Å². The summed E-state index contributed by atoms with van der Waals surface area (Å²) in [6.45, 7) is 0.134. The Labute approximate surface area is 203 Å². The smallest absolute Gasteiger partial charge is 0.407 e. The third-order valence-corrected chi connectivity index (χ3v) is 7.81. The summed E-state index contributed by atoms with van der Waals surface area (Å²) in [4.78, 5) is 38.7. The Bertz CT molecular complexity index is 1010. The molecule has 1 fully saturated rings. The van der Waals surface area contributed by atoms with Crippen LogP contribution in [0.3, 0.4) is 0 Å². The van der Waals surface area contributed by atoms with E-state index in [-0.39, 0.29) is 37.3 Å². The van der Waals surface area contributed by atoms with Crippen LogP contribution in [0.1, 0.15) is 42.7 Å². The maximum Gasteiger partial charge on any atom is 0.407 e. The molecule has 2 unspecified atom stereocenters. The fraction of sp³-hybridized carbons (Fsp3) is 0.423. The van der Waals surface area contributed by atoms with E-state index in [1.165, 1.54) is 0 Å². The Morgan fingerprint density at radius 1 is 1.12 bits per heavy atom. The average Bonchev–Trinajstić information content (AvgIpc) is 3.18. The lowest BCUT2D eigenvalue weighted by molar-refractivity contribution is -0.138. The zero-order valence-electron chi connectivity index (χ0n) is 19.2. The van der Waals surface area contributed by atoms with Crippen LogP contribution in [0, 0.1) is 0 Å². The van der Waals surface area contributed by atoms with Gasteiger partial charge >= 0.3 is 12.1 Å². The van der Waals surface area contributed by atoms with E-state index in [4.69, 9.17) is 9.84 Å². The molecule has 0 spiro atoms. The number of nitrogens with one attached hydrogen (secondary N) is 1. The predicted octanol–water partition coefficient (Wildman–Crippen LogP) is 4.11. The number of nitrogens with zero attached hydrogens (tertiary/aromatic N) is 1. The van der Waals surface area contributed by atoms with E-state index < -0.39 is 18.1 Å². The first-order valence-corrected chi connectivity index (χ1v) is 12.8. The minimum absolute atomic E-state index is 0.0164. The Morgan fingerprint density at radius 3 is 2.35 bits per heavy atom. The van der Waals surface area contributed by atoms with Crippen LogP contribution in [-0.2, 0) is 14.3 Å². The van der Waals surface area contributed by atoms with Gasteiger partial charge in [0.05, 0.1) is 0 Å². The molecule has 0 radical (unpaired) electrons. The number of carbonyl (C=O) groups is 3. The normalized spacial score (nSPS) is 17.9. The van der Waals surface area contributed by atoms with Gasteiger partial charge in [-0.25, -0.2) is 4.79 Å². The Hall–Kier alpha value is -3.00. The second kappa shape index (κ2) is 11.0. The number of rotatable bonds is 8. The molecule has 7 nitrogen and oxygen atoms in total. The maximum absolute atomic E-state index is 13.1. The number of likely N-dealkylation sites (N-methyl/N-ethyl adjacent to an activating group) is 1. The predicted molar refractivity (Wildman–Crippen MR) is 132 cm³/mol. The molecule has 34 heavy (non-hydrogen) atoms. The van der Waals surface area contributed by atoms with Crippen LogP contribution in [0.25, 0.3) is 11.1 Å². The van der Waals surface area contributed by atoms with Gasteiger partial charge in [-0.2, -0.15) is 11.8 Å². The van der Waals surface area contributed by atoms with E-state index in [0.29, 0.717) is 0 Å². The number of alkyl carbamates (subject to hydrolysis) is 1. The van der Waals surface area contributed by atoms with Crippen LogP contribution in [0.2, 0.25) is 0 Å². The number of benzene rings is 2. The highest BCUT2D eigenvalue weighted by molar-refractivity contribution is 7.99. The van der Waals surface area contributed by atoms with Crippen LogP contribution in [-0.4, -0.2) is 65.2 Å². The molecule has 1 aliphatic heterocycles. The molecule has 180 valence electrons. The summed E-state index contributed by atoms with van der Waals surface area (Å²) in [5.74, 6) is 0.552. The van der Waals surface area contributed by atoms with E-state index in [1.54, 1.807) is 23.7 Å². The van der Waals surface area contributed by atoms with Gasteiger partial charge in [0.25, 0.3) is 0 Å². The molecule has 2 aromatic rings. The monoisotopic (exact) mass is 482 g/mol. The second-order valence-electron chi connectivity index (χ2n) is 8.77. The molecule has 0 aromatic heterocycles. The highest BCUT2D eigenvalue weighted by Crippen LogP contribution is 2.44. The van der Waals surface area contributed by atoms with Crippen molar-refractivity contribution in [2.24, 2.45) is 0 Å². The molecular weight excluding hydrogens is 452 g/mol. The molecule has 2 amide bonds. The standard InChI is InChI=1S/C26H30N2O5S/c1-28(17-7-6-14-34-16-17)25(31)23(12-13-24(29)30)27-26(32)33-15-22-20-10-4-2-8-18(20)19-9-3-5-11-21(19)22/h2-5,8-11,17,22-23H,6-7,12-16H2,1H3,(H,27,32)(H,29,30). The van der Waals surface area contributed by atoms with Crippen molar-refractivity contribution in [3.8, 4) is 11.1 Å². The first-order valence-electron chi connectivity index (χ1n) is 11.6. The van der Waals surface area contributed by atoms with Crippen molar-refractivity contribution in [2.45, 2.75) is 43.7 Å². The third kappa shape index (κ3) is 5.38. The van der Waals surface area contributed by atoms with Gasteiger partial charge in [-0.3, -0.25) is 9.59 Å². The molecular formula is C26H30N2O5S. The van der Waals surface area contributed by atoms with Crippen molar-refractivity contribution >= 4 is 29.7 Å². The molecule has 8 heteroatoms. The number of carbonyl (C=O) groups excluding carboxylic acids is 2. The molecule has 1 aliphatic carbocycles. The first-order chi connectivity index (χ1) is 16.5. The lowest BCUT2D eigenvalue weighted by Crippen LogP contribution is -2.51. The van der Waals surface area contributed by atoms with Crippen molar-refractivity contribution in [1.82, 2.24) is 10.2 Å². The fourth-order valence-electron chi connectivity index (χ4n) is 4.76. The number of fused-ring (bicyclic) bond motifs is 3. The number of carboxylic acid groups (broad SMARTS) is 1. The highest BCUT2D eigenvalue weighted by atomic mass is 32.2. The van der Waals surface area contributed by atoms with Gasteiger partial charge in [-0.1, -0.05) is 48.5 Å². The summed E-state index contributed by atoms with van der Waals surface area (Å²) in [5, 5.41) is 11.8. The third-order valence-electron chi connectivity index (χ3n) is 6.61. The molecule has 2 aromatic carbocycles. The van der Waals surface area contributed by atoms with Gasteiger partial charge in [0, 0.05) is 31.2 Å².